The normalized spacial score (nSPS) is 10.1. The molecule has 0 aromatic heterocycles. The van der Waals surface area contributed by atoms with Crippen LogP contribution in [0.2, 0.25) is 0 Å². The summed E-state index contributed by atoms with van der Waals surface area (Å²) in [5.41, 5.74) is 6.76. The first kappa shape index (κ1) is 14.9. The molecule has 2 aromatic rings. The Hall–Kier alpha value is -2.53. The SMILES string of the molecule is NCCOc1ccccc1NC(=O)Cc1cccc(O)c1. The van der Waals surface area contributed by atoms with E-state index in [9.17, 15) is 9.90 Å². The number of hydrogen-bond donors (Lipinski definition) is 3. The molecule has 1 amide bonds. The molecule has 0 saturated carbocycles. The second kappa shape index (κ2) is 7.31. The Balaban J connectivity index is 2.02. The van der Waals surface area contributed by atoms with E-state index in [4.69, 9.17) is 10.5 Å². The Morgan fingerprint density at radius 2 is 2.00 bits per heavy atom. The Morgan fingerprint density at radius 3 is 2.76 bits per heavy atom. The van der Waals surface area contributed by atoms with Crippen LogP contribution >= 0.6 is 0 Å². The van der Waals surface area contributed by atoms with Crippen molar-refractivity contribution in [2.45, 2.75) is 6.42 Å². The number of aromatic hydroxyl groups is 1. The number of para-hydroxylation sites is 2. The maximum Gasteiger partial charge on any atom is 0.228 e. The number of anilines is 1. The van der Waals surface area contributed by atoms with Crippen molar-refractivity contribution in [3.05, 3.63) is 54.1 Å². The number of nitrogens with one attached hydrogen (secondary N) is 1. The summed E-state index contributed by atoms with van der Waals surface area (Å²) in [6.45, 7) is 0.797. The van der Waals surface area contributed by atoms with Crippen LogP contribution in [0.1, 0.15) is 5.56 Å². The second-order valence-corrected chi connectivity index (χ2v) is 4.53. The molecule has 0 unspecified atom stereocenters. The third-order valence-electron chi connectivity index (χ3n) is 2.81. The van der Waals surface area contributed by atoms with E-state index >= 15 is 0 Å². The van der Waals surface area contributed by atoms with Crippen molar-refractivity contribution in [2.75, 3.05) is 18.5 Å². The van der Waals surface area contributed by atoms with E-state index in [1.165, 1.54) is 0 Å². The van der Waals surface area contributed by atoms with Crippen molar-refractivity contribution < 1.29 is 14.6 Å². The highest BCUT2D eigenvalue weighted by atomic mass is 16.5. The zero-order valence-corrected chi connectivity index (χ0v) is 11.6. The lowest BCUT2D eigenvalue weighted by Crippen LogP contribution is -2.16. The van der Waals surface area contributed by atoms with Gasteiger partial charge in [-0.15, -0.1) is 0 Å². The van der Waals surface area contributed by atoms with Gasteiger partial charge in [-0.05, 0) is 29.8 Å². The van der Waals surface area contributed by atoms with Crippen LogP contribution in [0.3, 0.4) is 0 Å². The van der Waals surface area contributed by atoms with Gasteiger partial charge in [-0.3, -0.25) is 4.79 Å². The van der Waals surface area contributed by atoms with Gasteiger partial charge < -0.3 is 20.9 Å². The number of nitrogens with two attached hydrogens (primary N) is 1. The van der Waals surface area contributed by atoms with E-state index in [1.807, 2.05) is 12.1 Å². The van der Waals surface area contributed by atoms with Crippen LogP contribution in [-0.2, 0) is 11.2 Å². The van der Waals surface area contributed by atoms with Crippen molar-refractivity contribution in [2.24, 2.45) is 5.73 Å². The topological polar surface area (TPSA) is 84.6 Å². The van der Waals surface area contributed by atoms with E-state index in [2.05, 4.69) is 5.32 Å². The van der Waals surface area contributed by atoms with Crippen molar-refractivity contribution >= 4 is 11.6 Å². The third-order valence-corrected chi connectivity index (χ3v) is 2.81. The highest BCUT2D eigenvalue weighted by Crippen LogP contribution is 2.24. The molecule has 5 nitrogen and oxygen atoms in total. The molecule has 2 rings (SSSR count). The van der Waals surface area contributed by atoms with Gasteiger partial charge in [0.1, 0.15) is 18.1 Å². The van der Waals surface area contributed by atoms with Crippen LogP contribution in [0.15, 0.2) is 48.5 Å². The van der Waals surface area contributed by atoms with Gasteiger partial charge in [0.25, 0.3) is 0 Å². The molecule has 0 aliphatic rings. The first-order chi connectivity index (χ1) is 10.2. The van der Waals surface area contributed by atoms with Gasteiger partial charge in [-0.2, -0.15) is 0 Å². The number of benzene rings is 2. The standard InChI is InChI=1S/C16H18N2O3/c17-8-9-21-15-7-2-1-6-14(15)18-16(20)11-12-4-3-5-13(19)10-12/h1-7,10,19H,8-9,11,17H2,(H,18,20). The zero-order chi connectivity index (χ0) is 15.1. The first-order valence-corrected chi connectivity index (χ1v) is 6.68. The largest absolute Gasteiger partial charge is 0.508 e. The minimum Gasteiger partial charge on any atom is -0.508 e. The molecule has 0 fully saturated rings. The molecule has 0 aliphatic heterocycles. The molecule has 21 heavy (non-hydrogen) atoms. The lowest BCUT2D eigenvalue weighted by atomic mass is 10.1. The van der Waals surface area contributed by atoms with Crippen molar-refractivity contribution in [3.63, 3.8) is 0 Å². The molecule has 0 aliphatic carbocycles. The minimum absolute atomic E-state index is 0.145. The first-order valence-electron chi connectivity index (χ1n) is 6.68. The molecule has 0 heterocycles. The fourth-order valence-electron chi connectivity index (χ4n) is 1.91. The molecular weight excluding hydrogens is 268 g/mol. The summed E-state index contributed by atoms with van der Waals surface area (Å²) in [4.78, 5) is 12.0. The van der Waals surface area contributed by atoms with Gasteiger partial charge in [-0.1, -0.05) is 24.3 Å². The van der Waals surface area contributed by atoms with E-state index in [1.54, 1.807) is 36.4 Å². The van der Waals surface area contributed by atoms with E-state index in [-0.39, 0.29) is 18.1 Å². The van der Waals surface area contributed by atoms with Crippen LogP contribution in [0.4, 0.5) is 5.69 Å². The van der Waals surface area contributed by atoms with Crippen LogP contribution in [0.5, 0.6) is 11.5 Å². The molecule has 0 spiro atoms. The summed E-state index contributed by atoms with van der Waals surface area (Å²) in [5, 5.41) is 12.2. The summed E-state index contributed by atoms with van der Waals surface area (Å²) in [5.74, 6) is 0.559. The lowest BCUT2D eigenvalue weighted by Gasteiger charge is -2.12. The summed E-state index contributed by atoms with van der Waals surface area (Å²) in [6, 6.07) is 13.8. The van der Waals surface area contributed by atoms with Gasteiger partial charge in [0.2, 0.25) is 5.91 Å². The van der Waals surface area contributed by atoms with Crippen LogP contribution in [0.25, 0.3) is 0 Å². The average Bonchev–Trinajstić information content (AvgIpc) is 2.46. The summed E-state index contributed by atoms with van der Waals surface area (Å²) < 4.78 is 5.48. The van der Waals surface area contributed by atoms with Gasteiger partial charge in [0.05, 0.1) is 12.1 Å². The third kappa shape index (κ3) is 4.50. The number of phenolic OH excluding ortho intramolecular Hbond substituents is 1. The monoisotopic (exact) mass is 286 g/mol. The fourth-order valence-corrected chi connectivity index (χ4v) is 1.91. The average molecular weight is 286 g/mol. The van der Waals surface area contributed by atoms with Gasteiger partial charge in [0.15, 0.2) is 0 Å². The second-order valence-electron chi connectivity index (χ2n) is 4.53. The summed E-state index contributed by atoms with van der Waals surface area (Å²) >= 11 is 0. The Morgan fingerprint density at radius 1 is 1.19 bits per heavy atom. The lowest BCUT2D eigenvalue weighted by molar-refractivity contribution is -0.115. The number of carbonyl (C=O) groups is 1. The molecule has 0 saturated heterocycles. The van der Waals surface area contributed by atoms with Crippen LogP contribution < -0.4 is 15.8 Å². The van der Waals surface area contributed by atoms with Crippen molar-refractivity contribution in [1.82, 2.24) is 0 Å². The highest BCUT2D eigenvalue weighted by molar-refractivity contribution is 5.93. The van der Waals surface area contributed by atoms with Crippen LogP contribution in [0, 0.1) is 0 Å². The summed E-state index contributed by atoms with van der Waals surface area (Å²) in [7, 11) is 0. The minimum atomic E-state index is -0.176. The molecule has 0 radical (unpaired) electrons. The number of phenols is 1. The molecular formula is C16H18N2O3. The number of amides is 1. The van der Waals surface area contributed by atoms with Gasteiger partial charge in [0, 0.05) is 6.54 Å². The number of ether oxygens (including phenoxy) is 1. The number of hydrogen-bond acceptors (Lipinski definition) is 4. The fraction of sp³-hybridized carbons (Fsp3) is 0.188. The zero-order valence-electron chi connectivity index (χ0n) is 11.6. The maximum absolute atomic E-state index is 12.0. The van der Waals surface area contributed by atoms with Gasteiger partial charge in [-0.25, -0.2) is 0 Å². The summed E-state index contributed by atoms with van der Waals surface area (Å²) in [6.07, 6.45) is 0.180. The maximum atomic E-state index is 12.0. The van der Waals surface area contributed by atoms with E-state index < -0.39 is 0 Å². The van der Waals surface area contributed by atoms with E-state index in [0.29, 0.717) is 24.6 Å². The predicted molar refractivity (Wildman–Crippen MR) is 81.4 cm³/mol. The molecule has 5 heteroatoms. The molecule has 4 N–H and O–H groups in total. The Bertz CT molecular complexity index is 614. The van der Waals surface area contributed by atoms with Crippen LogP contribution in [-0.4, -0.2) is 24.2 Å². The smallest absolute Gasteiger partial charge is 0.228 e. The molecule has 110 valence electrons. The van der Waals surface area contributed by atoms with E-state index in [0.717, 1.165) is 5.56 Å². The predicted octanol–water partition coefficient (Wildman–Crippen LogP) is 1.91. The number of rotatable bonds is 6. The Kier molecular flexibility index (Phi) is 5.17. The molecule has 0 bridgehead atoms. The highest BCUT2D eigenvalue weighted by Gasteiger charge is 2.08. The van der Waals surface area contributed by atoms with Crippen molar-refractivity contribution in [3.8, 4) is 11.5 Å². The van der Waals surface area contributed by atoms with Gasteiger partial charge >= 0.3 is 0 Å². The molecule has 2 aromatic carbocycles. The molecule has 0 atom stereocenters. The quantitative estimate of drug-likeness (QED) is 0.757. The Labute approximate surface area is 123 Å². The van der Waals surface area contributed by atoms with Crippen molar-refractivity contribution in [1.29, 1.82) is 0 Å². The number of carbonyl (C=O) groups excluding carboxylic acids is 1.